The van der Waals surface area contributed by atoms with Crippen LogP contribution in [0.4, 0.5) is 0 Å². The van der Waals surface area contributed by atoms with Crippen molar-refractivity contribution in [3.63, 3.8) is 0 Å². The second-order valence-corrected chi connectivity index (χ2v) is 8.77. The number of aromatic carboxylic acids is 2. The van der Waals surface area contributed by atoms with Crippen molar-refractivity contribution < 1.29 is 183 Å². The summed E-state index contributed by atoms with van der Waals surface area (Å²) >= 11 is 0. The Bertz CT molecular complexity index is 2200. The minimum absolute atomic E-state index is 0. The van der Waals surface area contributed by atoms with Crippen LogP contribution in [0.25, 0.3) is 66.2 Å². The topological polar surface area (TPSA) is 152 Å². The van der Waals surface area contributed by atoms with E-state index in [-0.39, 0.29) is 175 Å². The number of carbonyl (C=O) groups is 2. The number of aromatic nitrogens is 6. The van der Waals surface area contributed by atoms with E-state index in [1.807, 2.05) is 25.1 Å². The molecule has 7 rings (SSSR count). The van der Waals surface area contributed by atoms with Crippen molar-refractivity contribution in [3.8, 4) is 0 Å². The third kappa shape index (κ3) is 6.79. The third-order valence-corrected chi connectivity index (χ3v) is 6.31. The maximum atomic E-state index is 11.5. The van der Waals surface area contributed by atoms with E-state index in [9.17, 15) is 19.8 Å². The molecule has 0 atom stereocenters. The molecule has 0 saturated heterocycles. The fraction of sp³-hybridized carbons (Fsp3) is 0.0370. The first kappa shape index (κ1) is 38.3. The van der Waals surface area contributed by atoms with Crippen molar-refractivity contribution >= 4 is 78.1 Å². The number of aryl methyl sites for hydroxylation is 1. The second kappa shape index (κ2) is 15.2. The van der Waals surface area contributed by atoms with Gasteiger partial charge in [0.05, 0.1) is 44.2 Å². The minimum atomic E-state index is -1.06. The number of nitrogens with zero attached hydrogens (tertiary/aromatic N) is 6. The van der Waals surface area contributed by atoms with Gasteiger partial charge in [0, 0.05) is 164 Å². The molecule has 0 aliphatic heterocycles. The molecular formula is C27H14N6O4Y5. The predicted molar refractivity (Wildman–Crippen MR) is 137 cm³/mol. The number of hydrogen-bond acceptors (Lipinski definition) is 8. The normalized spacial score (nSPS) is 10.4. The van der Waals surface area contributed by atoms with Crippen molar-refractivity contribution in [3.05, 3.63) is 71.3 Å². The van der Waals surface area contributed by atoms with Gasteiger partial charge in [-0.25, -0.2) is 39.5 Å². The Kier molecular flexibility index (Phi) is 13.8. The quantitative estimate of drug-likeness (QED) is 0.185. The van der Waals surface area contributed by atoms with Gasteiger partial charge in [0.1, 0.15) is 33.1 Å². The Morgan fingerprint density at radius 1 is 0.452 bits per heavy atom. The molecular weight excluding hydrogens is 917 g/mol. The molecule has 0 amide bonds. The van der Waals surface area contributed by atoms with Crippen LogP contribution in [-0.4, -0.2) is 52.1 Å². The van der Waals surface area contributed by atoms with Crippen molar-refractivity contribution in [2.45, 2.75) is 6.92 Å². The van der Waals surface area contributed by atoms with Crippen LogP contribution in [0, 0.1) is 6.92 Å². The van der Waals surface area contributed by atoms with E-state index in [1.54, 1.807) is 12.1 Å². The van der Waals surface area contributed by atoms with Crippen LogP contribution in [0.5, 0.6) is 0 Å². The minimum Gasteiger partial charge on any atom is -0.478 e. The number of rotatable bonds is 2. The van der Waals surface area contributed by atoms with Crippen LogP contribution in [0.3, 0.4) is 0 Å². The molecule has 0 fully saturated rings. The van der Waals surface area contributed by atoms with E-state index in [0.717, 1.165) is 5.56 Å². The molecule has 3 aromatic heterocycles. The van der Waals surface area contributed by atoms with E-state index in [2.05, 4.69) is 0 Å². The molecule has 2 N–H and O–H groups in total. The van der Waals surface area contributed by atoms with Crippen molar-refractivity contribution in [1.82, 2.24) is 29.9 Å². The molecule has 0 aliphatic carbocycles. The number of benzene rings is 4. The summed E-state index contributed by atoms with van der Waals surface area (Å²) in [7, 11) is 0. The largest absolute Gasteiger partial charge is 0.478 e. The van der Waals surface area contributed by atoms with E-state index in [1.165, 1.54) is 24.3 Å². The summed E-state index contributed by atoms with van der Waals surface area (Å²) in [5.41, 5.74) is 6.92. The second-order valence-electron chi connectivity index (χ2n) is 8.77. The summed E-state index contributed by atoms with van der Waals surface area (Å²) in [6.07, 6.45) is 0. The van der Waals surface area contributed by atoms with Crippen LogP contribution < -0.4 is 0 Å². The van der Waals surface area contributed by atoms with Crippen LogP contribution in [0.1, 0.15) is 26.3 Å². The molecule has 15 heteroatoms. The average molecular weight is 931 g/mol. The van der Waals surface area contributed by atoms with Gasteiger partial charge in [0.2, 0.25) is 0 Å². The summed E-state index contributed by atoms with van der Waals surface area (Å²) in [5, 5.41) is 18.9. The van der Waals surface area contributed by atoms with E-state index < -0.39 is 11.9 Å². The molecule has 4 aromatic carbocycles. The fourth-order valence-corrected chi connectivity index (χ4v) is 4.53. The molecule has 0 bridgehead atoms. The SMILES string of the molecule is Cc1ccc2nc3c(nc2c1)c1nc2cc(C(=O)O)ccc2nc1c1nc2ccc(C(=O)O)cc2nc31.[Y].[Y].[Y].[Y].[Y]. The molecule has 0 spiro atoms. The first-order valence-corrected chi connectivity index (χ1v) is 11.3. The van der Waals surface area contributed by atoms with Crippen LogP contribution >= 0.6 is 0 Å². The Morgan fingerprint density at radius 3 is 1.07 bits per heavy atom. The van der Waals surface area contributed by atoms with Crippen LogP contribution in [0.2, 0.25) is 0 Å². The molecule has 3 heterocycles. The van der Waals surface area contributed by atoms with Gasteiger partial charge in [0.25, 0.3) is 0 Å². The van der Waals surface area contributed by atoms with Crippen molar-refractivity contribution in [1.29, 1.82) is 0 Å². The average Bonchev–Trinajstić information content (AvgIpc) is 2.89. The summed E-state index contributed by atoms with van der Waals surface area (Å²) in [6, 6.07) is 14.8. The van der Waals surface area contributed by atoms with Gasteiger partial charge in [-0.15, -0.1) is 0 Å². The van der Waals surface area contributed by atoms with Gasteiger partial charge in [-0.2, -0.15) is 0 Å². The van der Waals surface area contributed by atoms with Gasteiger partial charge in [0.15, 0.2) is 0 Å². The van der Waals surface area contributed by atoms with Crippen LogP contribution in [-0.2, 0) is 164 Å². The number of fused-ring (bicyclic) bond motifs is 9. The third-order valence-electron chi connectivity index (χ3n) is 6.31. The number of carboxylic acids is 2. The maximum absolute atomic E-state index is 11.5. The van der Waals surface area contributed by atoms with E-state index >= 15 is 0 Å². The molecule has 0 saturated carbocycles. The maximum Gasteiger partial charge on any atom is 0.335 e. The molecule has 7 aromatic rings. The Labute approximate surface area is 363 Å². The Morgan fingerprint density at radius 2 is 0.738 bits per heavy atom. The molecule has 0 unspecified atom stereocenters. The van der Waals surface area contributed by atoms with E-state index in [0.29, 0.717) is 66.2 Å². The number of hydrogen-bond donors (Lipinski definition) is 2. The van der Waals surface area contributed by atoms with Crippen molar-refractivity contribution in [2.24, 2.45) is 0 Å². The zero-order valence-corrected chi connectivity index (χ0v) is 36.2. The summed E-state index contributed by atoms with van der Waals surface area (Å²) in [4.78, 5) is 51.9. The molecule has 5 radical (unpaired) electrons. The fourth-order valence-electron chi connectivity index (χ4n) is 4.53. The van der Waals surface area contributed by atoms with Gasteiger partial charge in [-0.05, 0) is 61.0 Å². The first-order chi connectivity index (χ1) is 17.9. The molecule has 10 nitrogen and oxygen atoms in total. The summed E-state index contributed by atoms with van der Waals surface area (Å²) < 4.78 is 0. The monoisotopic (exact) mass is 931 g/mol. The van der Waals surface area contributed by atoms with Crippen molar-refractivity contribution in [2.75, 3.05) is 0 Å². The standard InChI is InChI=1S/C27H14N6O4.5Y/c1-11-2-5-14-17(8-11)31-24-22(28-14)23-20(29-15-6-3-12(26(34)35)9-18(15)32-23)21-25(24)33-19-10-13(27(36)37)4-7-16(19)30-21;;;;;/h2-10H,1H3,(H,34,35)(H,36,37);;;;;. The van der Waals surface area contributed by atoms with Gasteiger partial charge < -0.3 is 10.2 Å². The van der Waals surface area contributed by atoms with Gasteiger partial charge >= 0.3 is 11.9 Å². The molecule has 42 heavy (non-hydrogen) atoms. The molecule has 191 valence electrons. The number of carboxylic acid groups (broad SMARTS) is 2. The van der Waals surface area contributed by atoms with Gasteiger partial charge in [-0.1, -0.05) is 6.07 Å². The smallest absolute Gasteiger partial charge is 0.335 e. The summed E-state index contributed by atoms with van der Waals surface area (Å²) in [6.45, 7) is 1.96. The zero-order valence-electron chi connectivity index (χ0n) is 22.0. The van der Waals surface area contributed by atoms with Crippen LogP contribution in [0.15, 0.2) is 54.6 Å². The van der Waals surface area contributed by atoms with Gasteiger partial charge in [-0.3, -0.25) is 0 Å². The Hall–Kier alpha value is 0.139. The Balaban J connectivity index is 0.00000123. The zero-order chi connectivity index (χ0) is 25.4. The van der Waals surface area contributed by atoms with E-state index in [4.69, 9.17) is 29.9 Å². The molecule has 0 aliphatic rings. The predicted octanol–water partition coefficient (Wildman–Crippen LogP) is 4.67. The summed E-state index contributed by atoms with van der Waals surface area (Å²) in [5.74, 6) is -2.13. The first-order valence-electron chi connectivity index (χ1n) is 11.3.